The molecule has 2 aromatic rings. The lowest BCUT2D eigenvalue weighted by molar-refractivity contribution is -0.155. The van der Waals surface area contributed by atoms with Gasteiger partial charge in [0.15, 0.2) is 12.7 Å². The Kier molecular flexibility index (Phi) is 7.35. The van der Waals surface area contributed by atoms with Crippen LogP contribution < -0.4 is 15.2 Å². The van der Waals surface area contributed by atoms with Crippen molar-refractivity contribution in [3.05, 3.63) is 54.1 Å². The van der Waals surface area contributed by atoms with Crippen molar-refractivity contribution < 1.29 is 27.5 Å². The molecular formula is C20H24N2O6S. The zero-order chi connectivity index (χ0) is 21.6. The number of nitrogens with one attached hydrogen (secondary N) is 1. The first-order valence-electron chi connectivity index (χ1n) is 8.92. The highest BCUT2D eigenvalue weighted by Crippen LogP contribution is 2.18. The minimum atomic E-state index is -3.81. The first kappa shape index (κ1) is 22.4. The van der Waals surface area contributed by atoms with Gasteiger partial charge in [0.2, 0.25) is 10.0 Å². The van der Waals surface area contributed by atoms with Gasteiger partial charge in [0, 0.05) is 5.69 Å². The summed E-state index contributed by atoms with van der Waals surface area (Å²) < 4.78 is 32.9. The highest BCUT2D eigenvalue weighted by molar-refractivity contribution is 7.89. The van der Waals surface area contributed by atoms with E-state index in [0.717, 1.165) is 5.56 Å². The van der Waals surface area contributed by atoms with Gasteiger partial charge < -0.3 is 14.8 Å². The highest BCUT2D eigenvalue weighted by atomic mass is 32.2. The Balaban J connectivity index is 1.83. The van der Waals surface area contributed by atoms with Gasteiger partial charge in [0.25, 0.3) is 5.91 Å². The number of carbonyl (C=O) groups excluding carboxylic acids is 2. The van der Waals surface area contributed by atoms with E-state index in [1.165, 1.54) is 31.2 Å². The molecular weight excluding hydrogens is 396 g/mol. The average Bonchev–Trinajstić information content (AvgIpc) is 2.66. The summed E-state index contributed by atoms with van der Waals surface area (Å²) in [6, 6.07) is 12.7. The fourth-order valence-electron chi connectivity index (χ4n) is 2.35. The fourth-order valence-corrected chi connectivity index (χ4v) is 2.86. The number of nitrogens with two attached hydrogens (primary N) is 1. The zero-order valence-corrected chi connectivity index (χ0v) is 17.2. The molecule has 0 aliphatic heterocycles. The number of hydrogen-bond donors (Lipinski definition) is 2. The van der Waals surface area contributed by atoms with Crippen molar-refractivity contribution in [1.29, 1.82) is 0 Å². The topological polar surface area (TPSA) is 125 Å². The van der Waals surface area contributed by atoms with E-state index in [2.05, 4.69) is 19.2 Å². The summed E-state index contributed by atoms with van der Waals surface area (Å²) in [6.45, 7) is 5.24. The molecule has 0 fully saturated rings. The summed E-state index contributed by atoms with van der Waals surface area (Å²) in [5.74, 6) is -0.337. The third-order valence-corrected chi connectivity index (χ3v) is 4.96. The maximum atomic E-state index is 12.1. The summed E-state index contributed by atoms with van der Waals surface area (Å²) in [7, 11) is -3.81. The molecule has 1 atom stereocenters. The summed E-state index contributed by atoms with van der Waals surface area (Å²) >= 11 is 0. The quantitative estimate of drug-likeness (QED) is 0.632. The van der Waals surface area contributed by atoms with E-state index in [1.807, 2.05) is 12.1 Å². The molecule has 2 aromatic carbocycles. The van der Waals surface area contributed by atoms with E-state index in [1.54, 1.807) is 12.1 Å². The predicted molar refractivity (Wildman–Crippen MR) is 108 cm³/mol. The molecule has 0 saturated heterocycles. The number of primary sulfonamides is 1. The molecule has 0 saturated carbocycles. The maximum absolute atomic E-state index is 12.1. The predicted octanol–water partition coefficient (Wildman–Crippen LogP) is 2.41. The molecule has 8 nitrogen and oxygen atoms in total. The summed E-state index contributed by atoms with van der Waals surface area (Å²) in [4.78, 5) is 24.0. The van der Waals surface area contributed by atoms with Gasteiger partial charge >= 0.3 is 5.97 Å². The van der Waals surface area contributed by atoms with Crippen LogP contribution in [0.5, 0.6) is 5.75 Å². The van der Waals surface area contributed by atoms with Crippen molar-refractivity contribution in [2.75, 3.05) is 11.9 Å². The van der Waals surface area contributed by atoms with Crippen molar-refractivity contribution in [3.63, 3.8) is 0 Å². The van der Waals surface area contributed by atoms with Crippen LogP contribution >= 0.6 is 0 Å². The summed E-state index contributed by atoms with van der Waals surface area (Å²) in [6.07, 6.45) is -1.06. The number of amides is 1. The van der Waals surface area contributed by atoms with Crippen LogP contribution in [-0.2, 0) is 24.3 Å². The van der Waals surface area contributed by atoms with E-state index in [9.17, 15) is 18.0 Å². The van der Waals surface area contributed by atoms with Crippen LogP contribution in [0, 0.1) is 0 Å². The summed E-state index contributed by atoms with van der Waals surface area (Å²) in [5, 5.41) is 7.54. The molecule has 29 heavy (non-hydrogen) atoms. The number of rotatable bonds is 8. The van der Waals surface area contributed by atoms with Crippen LogP contribution in [0.4, 0.5) is 5.69 Å². The molecule has 0 radical (unpaired) electrons. The third kappa shape index (κ3) is 6.88. The average molecular weight is 420 g/mol. The van der Waals surface area contributed by atoms with Crippen LogP contribution in [0.3, 0.4) is 0 Å². The number of ether oxygens (including phenoxy) is 2. The van der Waals surface area contributed by atoms with Crippen molar-refractivity contribution >= 4 is 27.6 Å². The van der Waals surface area contributed by atoms with Crippen molar-refractivity contribution in [2.45, 2.75) is 37.7 Å². The Morgan fingerprint density at radius 1 is 1.00 bits per heavy atom. The smallest absolute Gasteiger partial charge is 0.344 e. The van der Waals surface area contributed by atoms with E-state index >= 15 is 0 Å². The molecule has 0 aliphatic rings. The second-order valence-corrected chi connectivity index (χ2v) is 8.26. The maximum Gasteiger partial charge on any atom is 0.344 e. The monoisotopic (exact) mass is 420 g/mol. The Labute approximate surface area is 170 Å². The number of sulfonamides is 1. The van der Waals surface area contributed by atoms with Gasteiger partial charge in [-0.15, -0.1) is 0 Å². The lowest BCUT2D eigenvalue weighted by atomic mass is 10.0. The SMILES string of the molecule is CC(C)c1ccc(OCC(=O)O[C@H](C)C(=O)Nc2ccc(S(N)(=O)=O)cc2)cc1. The van der Waals surface area contributed by atoms with Crippen LogP contribution in [0.2, 0.25) is 0 Å². The van der Waals surface area contributed by atoms with Crippen LogP contribution in [0.25, 0.3) is 0 Å². The molecule has 2 rings (SSSR count). The Morgan fingerprint density at radius 3 is 2.10 bits per heavy atom. The van der Waals surface area contributed by atoms with Gasteiger partial charge in [-0.1, -0.05) is 26.0 Å². The molecule has 156 valence electrons. The zero-order valence-electron chi connectivity index (χ0n) is 16.4. The Hall–Kier alpha value is -2.91. The molecule has 1 amide bonds. The Morgan fingerprint density at radius 2 is 1.59 bits per heavy atom. The number of carbonyl (C=O) groups is 2. The lowest BCUT2D eigenvalue weighted by Gasteiger charge is -2.14. The molecule has 0 spiro atoms. The molecule has 0 aromatic heterocycles. The Bertz CT molecular complexity index is 953. The van der Waals surface area contributed by atoms with E-state index < -0.39 is 28.0 Å². The molecule has 0 aliphatic carbocycles. The van der Waals surface area contributed by atoms with Gasteiger partial charge in [0.05, 0.1) is 4.90 Å². The minimum absolute atomic E-state index is 0.0754. The van der Waals surface area contributed by atoms with E-state index in [0.29, 0.717) is 17.4 Å². The van der Waals surface area contributed by atoms with Gasteiger partial charge in [-0.2, -0.15) is 0 Å². The fraction of sp³-hybridized carbons (Fsp3) is 0.300. The van der Waals surface area contributed by atoms with Crippen molar-refractivity contribution in [3.8, 4) is 5.75 Å². The van der Waals surface area contributed by atoms with E-state index in [4.69, 9.17) is 14.6 Å². The third-order valence-electron chi connectivity index (χ3n) is 4.03. The standard InChI is InChI=1S/C20H24N2O6S/c1-13(2)15-4-8-17(9-5-15)27-12-19(23)28-14(3)20(24)22-16-6-10-18(11-7-16)29(21,25)26/h4-11,13-14H,12H2,1-3H3,(H,22,24)(H2,21,25,26)/t14-/m1/s1. The van der Waals surface area contributed by atoms with Crippen LogP contribution in [0.1, 0.15) is 32.3 Å². The van der Waals surface area contributed by atoms with Crippen molar-refractivity contribution in [2.24, 2.45) is 5.14 Å². The summed E-state index contributed by atoms with van der Waals surface area (Å²) in [5.41, 5.74) is 1.49. The second kappa shape index (κ2) is 9.53. The molecule has 3 N–H and O–H groups in total. The highest BCUT2D eigenvalue weighted by Gasteiger charge is 2.18. The first-order chi connectivity index (χ1) is 13.6. The van der Waals surface area contributed by atoms with Gasteiger partial charge in [-0.3, -0.25) is 4.79 Å². The molecule has 9 heteroatoms. The number of hydrogen-bond acceptors (Lipinski definition) is 6. The van der Waals surface area contributed by atoms with E-state index in [-0.39, 0.29) is 11.5 Å². The largest absolute Gasteiger partial charge is 0.482 e. The minimum Gasteiger partial charge on any atom is -0.482 e. The first-order valence-corrected chi connectivity index (χ1v) is 10.5. The molecule has 0 bridgehead atoms. The molecule has 0 heterocycles. The molecule has 0 unspecified atom stereocenters. The van der Waals surface area contributed by atoms with Gasteiger partial charge in [-0.25, -0.2) is 18.4 Å². The van der Waals surface area contributed by atoms with Crippen LogP contribution in [0.15, 0.2) is 53.4 Å². The van der Waals surface area contributed by atoms with Gasteiger partial charge in [-0.05, 0) is 54.8 Å². The normalized spacial score (nSPS) is 12.3. The van der Waals surface area contributed by atoms with Crippen LogP contribution in [-0.4, -0.2) is 33.0 Å². The lowest BCUT2D eigenvalue weighted by Crippen LogP contribution is -2.31. The van der Waals surface area contributed by atoms with Gasteiger partial charge in [0.1, 0.15) is 5.75 Å². The number of benzene rings is 2. The number of esters is 1. The second-order valence-electron chi connectivity index (χ2n) is 6.70. The van der Waals surface area contributed by atoms with Crippen molar-refractivity contribution in [1.82, 2.24) is 0 Å². The number of anilines is 1.